The normalized spacial score (nSPS) is 11.6. The van der Waals surface area contributed by atoms with Crippen LogP contribution in [0.15, 0.2) is 170 Å². The van der Waals surface area contributed by atoms with E-state index >= 15 is 0 Å². The van der Waals surface area contributed by atoms with Gasteiger partial charge < -0.3 is 0 Å². The standard InChI is InChI=1S/C44H28/c1-2-13-29(14-3-1)33-17-6-7-19-35(33)43-36-20-8-10-22-38(36)44(39-23-11-9-21-37(39)43)40-24-12-16-31-27-41-32(28-42(31)40)26-25-30-15-4-5-18-34(30)41/h1-28H. The van der Waals surface area contributed by atoms with Crippen LogP contribution in [0.5, 0.6) is 0 Å². The van der Waals surface area contributed by atoms with Crippen LogP contribution in [0, 0.1) is 0 Å². The van der Waals surface area contributed by atoms with Gasteiger partial charge in [0.15, 0.2) is 0 Å². The summed E-state index contributed by atoms with van der Waals surface area (Å²) >= 11 is 0. The van der Waals surface area contributed by atoms with Crippen LogP contribution >= 0.6 is 0 Å². The van der Waals surface area contributed by atoms with Crippen LogP contribution in [-0.4, -0.2) is 0 Å². The summed E-state index contributed by atoms with van der Waals surface area (Å²) in [7, 11) is 0. The van der Waals surface area contributed by atoms with Crippen molar-refractivity contribution in [2.45, 2.75) is 0 Å². The van der Waals surface area contributed by atoms with E-state index in [9.17, 15) is 0 Å². The molecule has 0 radical (unpaired) electrons. The molecule has 9 aromatic carbocycles. The Morgan fingerprint density at radius 1 is 0.227 bits per heavy atom. The second kappa shape index (κ2) is 9.93. The lowest BCUT2D eigenvalue weighted by molar-refractivity contribution is 1.61. The maximum atomic E-state index is 2.40. The Bertz CT molecular complexity index is 2480. The molecule has 9 rings (SSSR count). The molecule has 0 unspecified atom stereocenters. The fourth-order valence-corrected chi connectivity index (χ4v) is 7.28. The highest BCUT2D eigenvalue weighted by Crippen LogP contribution is 2.47. The number of fused-ring (bicyclic) bond motifs is 6. The average molecular weight is 557 g/mol. The summed E-state index contributed by atoms with van der Waals surface area (Å²) in [6, 6.07) is 62.3. The first-order chi connectivity index (χ1) is 21.8. The minimum atomic E-state index is 1.23. The van der Waals surface area contributed by atoms with Crippen LogP contribution < -0.4 is 0 Å². The largest absolute Gasteiger partial charge is 0.0622 e. The Labute approximate surface area is 256 Å². The Kier molecular flexibility index (Phi) is 5.61. The zero-order valence-electron chi connectivity index (χ0n) is 24.2. The van der Waals surface area contributed by atoms with Gasteiger partial charge in [-0.25, -0.2) is 0 Å². The van der Waals surface area contributed by atoms with E-state index in [4.69, 9.17) is 0 Å². The molecule has 0 aliphatic heterocycles. The average Bonchev–Trinajstić information content (AvgIpc) is 3.10. The van der Waals surface area contributed by atoms with Gasteiger partial charge in [0.25, 0.3) is 0 Å². The SMILES string of the molecule is c1ccc(-c2ccccc2-c2c3ccccc3c(-c3cccc4cc5c(ccc6ccccc65)cc34)c3ccccc23)cc1. The van der Waals surface area contributed by atoms with Crippen molar-refractivity contribution < 1.29 is 0 Å². The van der Waals surface area contributed by atoms with Crippen molar-refractivity contribution in [3.05, 3.63) is 170 Å². The van der Waals surface area contributed by atoms with E-state index in [0.29, 0.717) is 0 Å². The van der Waals surface area contributed by atoms with Gasteiger partial charge in [-0.1, -0.05) is 158 Å². The van der Waals surface area contributed by atoms with Crippen LogP contribution in [-0.2, 0) is 0 Å². The van der Waals surface area contributed by atoms with E-state index in [1.165, 1.54) is 87.2 Å². The van der Waals surface area contributed by atoms with Gasteiger partial charge in [0, 0.05) is 0 Å². The Morgan fingerprint density at radius 2 is 0.682 bits per heavy atom. The minimum absolute atomic E-state index is 1.23. The second-order valence-electron chi connectivity index (χ2n) is 11.6. The molecule has 0 atom stereocenters. The smallest absolute Gasteiger partial charge is 0.00201 e. The molecule has 9 aromatic rings. The molecule has 0 saturated heterocycles. The van der Waals surface area contributed by atoms with E-state index in [1.807, 2.05) is 0 Å². The summed E-state index contributed by atoms with van der Waals surface area (Å²) in [5, 5.41) is 12.8. The lowest BCUT2D eigenvalue weighted by Gasteiger charge is -2.20. The molecule has 0 saturated carbocycles. The third kappa shape index (κ3) is 3.78. The summed E-state index contributed by atoms with van der Waals surface area (Å²) in [5.74, 6) is 0. The Hall–Kier alpha value is -5.72. The number of hydrogen-bond acceptors (Lipinski definition) is 0. The third-order valence-electron chi connectivity index (χ3n) is 9.23. The maximum absolute atomic E-state index is 2.40. The molecule has 0 heterocycles. The number of hydrogen-bond donors (Lipinski definition) is 0. The van der Waals surface area contributed by atoms with Crippen molar-refractivity contribution in [3.8, 4) is 33.4 Å². The van der Waals surface area contributed by atoms with Crippen molar-refractivity contribution in [3.63, 3.8) is 0 Å². The molecule has 0 aliphatic carbocycles. The van der Waals surface area contributed by atoms with Crippen molar-refractivity contribution in [1.29, 1.82) is 0 Å². The first-order valence-electron chi connectivity index (χ1n) is 15.3. The molecule has 0 bridgehead atoms. The van der Waals surface area contributed by atoms with E-state index < -0.39 is 0 Å². The third-order valence-corrected chi connectivity index (χ3v) is 9.23. The molecule has 44 heavy (non-hydrogen) atoms. The summed E-state index contributed by atoms with van der Waals surface area (Å²) in [6.45, 7) is 0. The first kappa shape index (κ1) is 24.8. The lowest BCUT2D eigenvalue weighted by Crippen LogP contribution is -1.93. The van der Waals surface area contributed by atoms with E-state index in [1.54, 1.807) is 0 Å². The summed E-state index contributed by atoms with van der Waals surface area (Å²) in [5.41, 5.74) is 7.59. The van der Waals surface area contributed by atoms with Crippen LogP contribution in [0.25, 0.3) is 87.2 Å². The van der Waals surface area contributed by atoms with E-state index in [0.717, 1.165) is 0 Å². The molecule has 0 fully saturated rings. The summed E-state index contributed by atoms with van der Waals surface area (Å²) in [6.07, 6.45) is 0. The summed E-state index contributed by atoms with van der Waals surface area (Å²) in [4.78, 5) is 0. The van der Waals surface area contributed by atoms with Gasteiger partial charge in [-0.15, -0.1) is 0 Å². The Balaban J connectivity index is 1.39. The molecule has 0 spiro atoms. The highest BCUT2D eigenvalue weighted by Gasteiger charge is 2.20. The van der Waals surface area contributed by atoms with E-state index in [-0.39, 0.29) is 0 Å². The molecule has 0 aromatic heterocycles. The van der Waals surface area contributed by atoms with Gasteiger partial charge in [-0.3, -0.25) is 0 Å². The minimum Gasteiger partial charge on any atom is -0.0622 e. The fourth-order valence-electron chi connectivity index (χ4n) is 7.28. The van der Waals surface area contributed by atoms with Crippen molar-refractivity contribution in [2.75, 3.05) is 0 Å². The molecule has 0 amide bonds. The van der Waals surface area contributed by atoms with Gasteiger partial charge in [-0.05, 0) is 99.4 Å². The molecule has 0 heteroatoms. The van der Waals surface area contributed by atoms with Gasteiger partial charge in [0.1, 0.15) is 0 Å². The topological polar surface area (TPSA) is 0 Å². The monoisotopic (exact) mass is 556 g/mol. The van der Waals surface area contributed by atoms with Gasteiger partial charge >= 0.3 is 0 Å². The predicted molar refractivity (Wildman–Crippen MR) is 190 cm³/mol. The molecule has 204 valence electrons. The van der Waals surface area contributed by atoms with Crippen molar-refractivity contribution in [1.82, 2.24) is 0 Å². The molecular formula is C44H28. The zero-order chi connectivity index (χ0) is 29.0. The molecule has 0 nitrogen and oxygen atoms in total. The molecular weight excluding hydrogens is 528 g/mol. The maximum Gasteiger partial charge on any atom is -0.00201 e. The highest BCUT2D eigenvalue weighted by molar-refractivity contribution is 6.25. The fraction of sp³-hybridized carbons (Fsp3) is 0. The molecule has 0 aliphatic rings. The zero-order valence-corrected chi connectivity index (χ0v) is 24.2. The highest BCUT2D eigenvalue weighted by atomic mass is 14.2. The van der Waals surface area contributed by atoms with Crippen LogP contribution in [0.1, 0.15) is 0 Å². The van der Waals surface area contributed by atoms with Crippen molar-refractivity contribution >= 4 is 53.9 Å². The number of rotatable bonds is 3. The lowest BCUT2D eigenvalue weighted by atomic mass is 9.83. The predicted octanol–water partition coefficient (Wildman–Crippen LogP) is 12.5. The van der Waals surface area contributed by atoms with Crippen LogP contribution in [0.4, 0.5) is 0 Å². The van der Waals surface area contributed by atoms with Gasteiger partial charge in [0.2, 0.25) is 0 Å². The van der Waals surface area contributed by atoms with Gasteiger partial charge in [0.05, 0.1) is 0 Å². The quantitative estimate of drug-likeness (QED) is 0.150. The van der Waals surface area contributed by atoms with Crippen molar-refractivity contribution in [2.24, 2.45) is 0 Å². The molecule has 0 N–H and O–H groups in total. The number of benzene rings is 9. The Morgan fingerprint density at radius 3 is 1.39 bits per heavy atom. The first-order valence-corrected chi connectivity index (χ1v) is 15.3. The van der Waals surface area contributed by atoms with Gasteiger partial charge in [-0.2, -0.15) is 0 Å². The van der Waals surface area contributed by atoms with Crippen LogP contribution in [0.3, 0.4) is 0 Å². The summed E-state index contributed by atoms with van der Waals surface area (Å²) < 4.78 is 0. The second-order valence-corrected chi connectivity index (χ2v) is 11.6. The van der Waals surface area contributed by atoms with E-state index in [2.05, 4.69) is 170 Å². The van der Waals surface area contributed by atoms with Crippen LogP contribution in [0.2, 0.25) is 0 Å².